The summed E-state index contributed by atoms with van der Waals surface area (Å²) in [6, 6.07) is 2.11. The monoisotopic (exact) mass is 136 g/mol. The third kappa shape index (κ3) is 1.26. The molecule has 0 unspecified atom stereocenters. The lowest BCUT2D eigenvalue weighted by Crippen LogP contribution is -1.94. The van der Waals surface area contributed by atoms with Gasteiger partial charge in [0.2, 0.25) is 0 Å². The van der Waals surface area contributed by atoms with Gasteiger partial charge in [0.15, 0.2) is 0 Å². The van der Waals surface area contributed by atoms with Crippen LogP contribution in [0.1, 0.15) is 11.1 Å². The summed E-state index contributed by atoms with van der Waals surface area (Å²) in [6.07, 6.45) is 1.86. The molecule has 1 heterocycles. The van der Waals surface area contributed by atoms with E-state index in [-0.39, 0.29) is 0 Å². The fourth-order valence-corrected chi connectivity index (χ4v) is 0.977. The topological polar surface area (TPSA) is 24.9 Å². The van der Waals surface area contributed by atoms with Crippen LogP contribution in [0.25, 0.3) is 0 Å². The largest absolute Gasteiger partial charge is 0.373 e. The van der Waals surface area contributed by atoms with E-state index in [2.05, 4.69) is 16.4 Å². The standard InChI is InChI=1S/C8H12N2/c1-6-4-7(2)8(9-3)10-5-6/h4-5H,1-3H3,(H,9,10). The maximum Gasteiger partial charge on any atom is 0.128 e. The van der Waals surface area contributed by atoms with E-state index < -0.39 is 0 Å². The van der Waals surface area contributed by atoms with Gasteiger partial charge in [-0.3, -0.25) is 0 Å². The van der Waals surface area contributed by atoms with Crippen molar-refractivity contribution in [3.8, 4) is 0 Å². The Morgan fingerprint density at radius 1 is 1.40 bits per heavy atom. The molecule has 0 aliphatic carbocycles. The summed E-state index contributed by atoms with van der Waals surface area (Å²) in [5, 5.41) is 3.01. The molecule has 0 amide bonds. The van der Waals surface area contributed by atoms with Crippen LogP contribution in [0.3, 0.4) is 0 Å². The van der Waals surface area contributed by atoms with Gasteiger partial charge in [0.1, 0.15) is 5.82 Å². The molecule has 2 nitrogen and oxygen atoms in total. The van der Waals surface area contributed by atoms with Crippen molar-refractivity contribution in [1.29, 1.82) is 0 Å². The van der Waals surface area contributed by atoms with Gasteiger partial charge in [0.25, 0.3) is 0 Å². The molecule has 0 aliphatic rings. The highest BCUT2D eigenvalue weighted by Crippen LogP contribution is 2.10. The van der Waals surface area contributed by atoms with Crippen LogP contribution >= 0.6 is 0 Å². The van der Waals surface area contributed by atoms with E-state index >= 15 is 0 Å². The van der Waals surface area contributed by atoms with Gasteiger partial charge >= 0.3 is 0 Å². The Balaban J connectivity index is 3.07. The molecule has 1 rings (SSSR count). The molecular weight excluding hydrogens is 124 g/mol. The molecule has 2 heteroatoms. The Morgan fingerprint density at radius 3 is 2.60 bits per heavy atom. The molecule has 0 aromatic carbocycles. The molecule has 0 saturated heterocycles. The van der Waals surface area contributed by atoms with Crippen LogP contribution in [0, 0.1) is 13.8 Å². The number of pyridine rings is 1. The van der Waals surface area contributed by atoms with E-state index in [4.69, 9.17) is 0 Å². The van der Waals surface area contributed by atoms with Gasteiger partial charge in [-0.25, -0.2) is 4.98 Å². The van der Waals surface area contributed by atoms with Gasteiger partial charge in [-0.1, -0.05) is 6.07 Å². The van der Waals surface area contributed by atoms with Crippen molar-refractivity contribution < 1.29 is 0 Å². The molecule has 0 spiro atoms. The van der Waals surface area contributed by atoms with Gasteiger partial charge in [-0.05, 0) is 25.0 Å². The number of nitrogens with zero attached hydrogens (tertiary/aromatic N) is 1. The fraction of sp³-hybridized carbons (Fsp3) is 0.375. The smallest absolute Gasteiger partial charge is 0.128 e. The lowest BCUT2D eigenvalue weighted by Gasteiger charge is -2.02. The number of aryl methyl sites for hydroxylation is 2. The summed E-state index contributed by atoms with van der Waals surface area (Å²) < 4.78 is 0. The SMILES string of the molecule is CNc1ncc(C)cc1C. The minimum atomic E-state index is 0.964. The van der Waals surface area contributed by atoms with E-state index in [0.717, 1.165) is 5.82 Å². The van der Waals surface area contributed by atoms with Crippen molar-refractivity contribution in [2.75, 3.05) is 12.4 Å². The minimum absolute atomic E-state index is 0.964. The number of anilines is 1. The Kier molecular flexibility index (Phi) is 1.90. The van der Waals surface area contributed by atoms with E-state index in [9.17, 15) is 0 Å². The predicted molar refractivity (Wildman–Crippen MR) is 43.3 cm³/mol. The van der Waals surface area contributed by atoms with Crippen molar-refractivity contribution in [2.24, 2.45) is 0 Å². The minimum Gasteiger partial charge on any atom is -0.373 e. The highest BCUT2D eigenvalue weighted by molar-refractivity contribution is 5.43. The highest BCUT2D eigenvalue weighted by atomic mass is 15.0. The third-order valence-electron chi connectivity index (χ3n) is 1.45. The van der Waals surface area contributed by atoms with E-state index in [1.54, 1.807) is 0 Å². The molecule has 0 saturated carbocycles. The van der Waals surface area contributed by atoms with Gasteiger partial charge in [0, 0.05) is 13.2 Å². The summed E-state index contributed by atoms with van der Waals surface area (Å²) in [7, 11) is 1.88. The third-order valence-corrected chi connectivity index (χ3v) is 1.45. The Morgan fingerprint density at radius 2 is 2.10 bits per heavy atom. The molecule has 10 heavy (non-hydrogen) atoms. The van der Waals surface area contributed by atoms with E-state index in [0.29, 0.717) is 0 Å². The summed E-state index contributed by atoms with van der Waals surface area (Å²) >= 11 is 0. The number of aromatic nitrogens is 1. The van der Waals surface area contributed by atoms with Gasteiger partial charge in [0.05, 0.1) is 0 Å². The van der Waals surface area contributed by atoms with Gasteiger partial charge in [-0.2, -0.15) is 0 Å². The zero-order chi connectivity index (χ0) is 7.56. The first-order valence-electron chi connectivity index (χ1n) is 3.35. The Hall–Kier alpha value is -1.05. The molecule has 54 valence electrons. The lowest BCUT2D eigenvalue weighted by molar-refractivity contribution is 1.20. The molecule has 1 aromatic heterocycles. The summed E-state index contributed by atoms with van der Waals surface area (Å²) in [4.78, 5) is 4.19. The van der Waals surface area contributed by atoms with Crippen LogP contribution in [-0.2, 0) is 0 Å². The van der Waals surface area contributed by atoms with Crippen molar-refractivity contribution in [2.45, 2.75) is 13.8 Å². The second-order valence-corrected chi connectivity index (χ2v) is 2.43. The first-order valence-corrected chi connectivity index (χ1v) is 3.35. The molecule has 0 aliphatic heterocycles. The van der Waals surface area contributed by atoms with Crippen LogP contribution < -0.4 is 5.32 Å². The first kappa shape index (κ1) is 7.06. The zero-order valence-electron chi connectivity index (χ0n) is 6.60. The Labute approximate surface area is 61.3 Å². The molecule has 0 fully saturated rings. The van der Waals surface area contributed by atoms with Crippen molar-refractivity contribution in [3.05, 3.63) is 23.4 Å². The first-order chi connectivity index (χ1) is 4.74. The average Bonchev–Trinajstić information content (AvgIpc) is 1.88. The van der Waals surface area contributed by atoms with Crippen LogP contribution in [-0.4, -0.2) is 12.0 Å². The second kappa shape index (κ2) is 2.69. The van der Waals surface area contributed by atoms with Gasteiger partial charge in [-0.15, -0.1) is 0 Å². The fourth-order valence-electron chi connectivity index (χ4n) is 0.977. The van der Waals surface area contributed by atoms with Gasteiger partial charge < -0.3 is 5.32 Å². The van der Waals surface area contributed by atoms with Crippen LogP contribution in [0.4, 0.5) is 5.82 Å². The van der Waals surface area contributed by atoms with E-state index in [1.807, 2.05) is 27.1 Å². The summed E-state index contributed by atoms with van der Waals surface area (Å²) in [6.45, 7) is 4.09. The molecule has 1 N–H and O–H groups in total. The van der Waals surface area contributed by atoms with Crippen molar-refractivity contribution in [1.82, 2.24) is 4.98 Å². The quantitative estimate of drug-likeness (QED) is 0.636. The summed E-state index contributed by atoms with van der Waals surface area (Å²) in [5.74, 6) is 0.964. The number of rotatable bonds is 1. The highest BCUT2D eigenvalue weighted by Gasteiger charge is 1.94. The number of nitrogens with one attached hydrogen (secondary N) is 1. The molecular formula is C8H12N2. The molecule has 0 radical (unpaired) electrons. The molecule has 1 aromatic rings. The van der Waals surface area contributed by atoms with E-state index in [1.165, 1.54) is 11.1 Å². The Bertz CT molecular complexity index is 231. The maximum absolute atomic E-state index is 4.19. The molecule has 0 atom stereocenters. The van der Waals surface area contributed by atoms with Crippen LogP contribution in [0.5, 0.6) is 0 Å². The predicted octanol–water partition coefficient (Wildman–Crippen LogP) is 1.74. The van der Waals surface area contributed by atoms with Crippen molar-refractivity contribution in [3.63, 3.8) is 0 Å². The maximum atomic E-state index is 4.19. The second-order valence-electron chi connectivity index (χ2n) is 2.43. The van der Waals surface area contributed by atoms with Crippen LogP contribution in [0.15, 0.2) is 12.3 Å². The number of hydrogen-bond donors (Lipinski definition) is 1. The van der Waals surface area contributed by atoms with Crippen LogP contribution in [0.2, 0.25) is 0 Å². The zero-order valence-corrected chi connectivity index (χ0v) is 6.60. The normalized spacial score (nSPS) is 9.50. The molecule has 0 bridgehead atoms. The average molecular weight is 136 g/mol. The lowest BCUT2D eigenvalue weighted by atomic mass is 10.2. The summed E-state index contributed by atoms with van der Waals surface area (Å²) in [5.41, 5.74) is 2.40. The number of hydrogen-bond acceptors (Lipinski definition) is 2. The van der Waals surface area contributed by atoms with Crippen molar-refractivity contribution >= 4 is 5.82 Å².